The van der Waals surface area contributed by atoms with Crippen LogP contribution in [0.15, 0.2) is 18.2 Å². The molecular formula is C14H23NO2S. The van der Waals surface area contributed by atoms with Crippen molar-refractivity contribution in [1.29, 1.82) is 0 Å². The molecule has 0 aliphatic carbocycles. The number of nitrogens with one attached hydrogen (secondary N) is 1. The van der Waals surface area contributed by atoms with E-state index in [4.69, 9.17) is 0 Å². The Balaban J connectivity index is 2.60. The monoisotopic (exact) mass is 269 g/mol. The summed E-state index contributed by atoms with van der Waals surface area (Å²) < 4.78 is 23.2. The van der Waals surface area contributed by atoms with Gasteiger partial charge in [-0.05, 0) is 57.9 Å². The van der Waals surface area contributed by atoms with Gasteiger partial charge in [-0.1, -0.05) is 6.07 Å². The molecule has 0 aliphatic rings. The van der Waals surface area contributed by atoms with Gasteiger partial charge in [0.2, 0.25) is 0 Å². The third kappa shape index (κ3) is 3.73. The lowest BCUT2D eigenvalue weighted by molar-refractivity contribution is 0.560. The summed E-state index contributed by atoms with van der Waals surface area (Å²) in [6, 6.07) is 6.06. The minimum Gasteiger partial charge on any atom is -0.384 e. The molecule has 0 heterocycles. The minimum absolute atomic E-state index is 0.156. The molecule has 0 saturated carbocycles. The van der Waals surface area contributed by atoms with Crippen LogP contribution >= 0.6 is 0 Å². The molecular weight excluding hydrogens is 246 g/mol. The lowest BCUT2D eigenvalue weighted by atomic mass is 10.1. The van der Waals surface area contributed by atoms with Crippen LogP contribution < -0.4 is 5.32 Å². The zero-order chi connectivity index (χ0) is 14.0. The number of rotatable bonds is 4. The molecule has 1 aromatic rings. The maximum absolute atomic E-state index is 11.9. The van der Waals surface area contributed by atoms with Gasteiger partial charge in [0.15, 0.2) is 9.84 Å². The minimum atomic E-state index is -3.05. The third-order valence-corrected chi connectivity index (χ3v) is 5.75. The van der Waals surface area contributed by atoms with E-state index in [0.717, 1.165) is 5.69 Å². The molecule has 0 radical (unpaired) electrons. The second kappa shape index (κ2) is 5.31. The summed E-state index contributed by atoms with van der Waals surface area (Å²) in [5.74, 6) is 0.156. The van der Waals surface area contributed by atoms with Crippen molar-refractivity contribution in [3.63, 3.8) is 0 Å². The summed E-state index contributed by atoms with van der Waals surface area (Å²) in [4.78, 5) is 0. The highest BCUT2D eigenvalue weighted by atomic mass is 32.2. The van der Waals surface area contributed by atoms with E-state index in [-0.39, 0.29) is 5.75 Å². The van der Waals surface area contributed by atoms with Crippen molar-refractivity contribution in [2.45, 2.75) is 39.4 Å². The summed E-state index contributed by atoms with van der Waals surface area (Å²) in [5.41, 5.74) is 3.42. The van der Waals surface area contributed by atoms with Gasteiger partial charge in [0.1, 0.15) is 0 Å². The molecule has 0 unspecified atom stereocenters. The van der Waals surface area contributed by atoms with Gasteiger partial charge >= 0.3 is 0 Å². The Morgan fingerprint density at radius 2 is 1.72 bits per heavy atom. The summed E-state index contributed by atoms with van der Waals surface area (Å²) >= 11 is 0. The summed E-state index contributed by atoms with van der Waals surface area (Å²) in [7, 11) is -3.05. The molecule has 4 heteroatoms. The largest absolute Gasteiger partial charge is 0.384 e. The normalized spacial score (nSPS) is 12.5. The Hall–Kier alpha value is -1.03. The van der Waals surface area contributed by atoms with Crippen LogP contribution in [-0.4, -0.2) is 25.5 Å². The van der Waals surface area contributed by atoms with Crippen molar-refractivity contribution in [2.75, 3.05) is 17.6 Å². The van der Waals surface area contributed by atoms with Crippen LogP contribution in [0.5, 0.6) is 0 Å². The molecule has 102 valence electrons. The summed E-state index contributed by atoms with van der Waals surface area (Å²) in [5, 5.41) is 3.16. The molecule has 3 nitrogen and oxygen atoms in total. The Bertz CT molecular complexity index is 513. The second-order valence-corrected chi connectivity index (χ2v) is 8.52. The molecule has 0 aliphatic heterocycles. The van der Waals surface area contributed by atoms with Gasteiger partial charge in [0, 0.05) is 12.2 Å². The molecule has 0 bridgehead atoms. The fourth-order valence-electron chi connectivity index (χ4n) is 1.49. The average Bonchev–Trinajstić information content (AvgIpc) is 2.21. The zero-order valence-electron chi connectivity index (χ0n) is 11.9. The average molecular weight is 269 g/mol. The number of hydrogen-bond donors (Lipinski definition) is 1. The highest BCUT2D eigenvalue weighted by molar-refractivity contribution is 7.92. The SMILES string of the molecule is Cc1ccc(NCCS(=O)(=O)C(C)(C)C)cc1C. The van der Waals surface area contributed by atoms with Crippen LogP contribution in [0.2, 0.25) is 0 Å². The second-order valence-electron chi connectivity index (χ2n) is 5.66. The topological polar surface area (TPSA) is 46.2 Å². The third-order valence-electron chi connectivity index (χ3n) is 3.14. The van der Waals surface area contributed by atoms with Crippen LogP contribution in [0.3, 0.4) is 0 Å². The number of aryl methyl sites for hydroxylation is 2. The molecule has 0 amide bonds. The van der Waals surface area contributed by atoms with Crippen molar-refractivity contribution in [3.8, 4) is 0 Å². The van der Waals surface area contributed by atoms with Crippen molar-refractivity contribution in [2.24, 2.45) is 0 Å². The first-order valence-electron chi connectivity index (χ1n) is 6.17. The maximum atomic E-state index is 11.9. The first kappa shape index (κ1) is 15.0. The van der Waals surface area contributed by atoms with Crippen LogP contribution in [0.4, 0.5) is 5.69 Å². The molecule has 0 spiro atoms. The van der Waals surface area contributed by atoms with Crippen LogP contribution in [-0.2, 0) is 9.84 Å². The van der Waals surface area contributed by atoms with E-state index < -0.39 is 14.6 Å². The van der Waals surface area contributed by atoms with E-state index in [1.165, 1.54) is 11.1 Å². The fourth-order valence-corrected chi connectivity index (χ4v) is 2.47. The predicted molar refractivity (Wildman–Crippen MR) is 77.9 cm³/mol. The maximum Gasteiger partial charge on any atom is 0.156 e. The molecule has 0 saturated heterocycles. The predicted octanol–water partition coefficient (Wildman–Crippen LogP) is 2.93. The number of anilines is 1. The van der Waals surface area contributed by atoms with Gasteiger partial charge in [-0.15, -0.1) is 0 Å². The highest BCUT2D eigenvalue weighted by Gasteiger charge is 2.28. The van der Waals surface area contributed by atoms with E-state index >= 15 is 0 Å². The van der Waals surface area contributed by atoms with E-state index in [0.29, 0.717) is 6.54 Å². The van der Waals surface area contributed by atoms with E-state index in [1.807, 2.05) is 25.1 Å². The van der Waals surface area contributed by atoms with Gasteiger partial charge in [-0.25, -0.2) is 8.42 Å². The summed E-state index contributed by atoms with van der Waals surface area (Å²) in [6.07, 6.45) is 0. The summed E-state index contributed by atoms with van der Waals surface area (Å²) in [6.45, 7) is 9.76. The smallest absolute Gasteiger partial charge is 0.156 e. The number of sulfone groups is 1. The molecule has 0 aromatic heterocycles. The first-order chi connectivity index (χ1) is 8.13. The van der Waals surface area contributed by atoms with E-state index in [2.05, 4.69) is 12.2 Å². The van der Waals surface area contributed by atoms with Crippen molar-refractivity contribution >= 4 is 15.5 Å². The quantitative estimate of drug-likeness (QED) is 0.914. The highest BCUT2D eigenvalue weighted by Crippen LogP contribution is 2.17. The van der Waals surface area contributed by atoms with E-state index in [1.54, 1.807) is 20.8 Å². The lowest BCUT2D eigenvalue weighted by Gasteiger charge is -2.19. The van der Waals surface area contributed by atoms with Gasteiger partial charge in [0.25, 0.3) is 0 Å². The molecule has 0 atom stereocenters. The van der Waals surface area contributed by atoms with Crippen LogP contribution in [0.1, 0.15) is 31.9 Å². The molecule has 1 rings (SSSR count). The van der Waals surface area contributed by atoms with Gasteiger partial charge in [-0.3, -0.25) is 0 Å². The van der Waals surface area contributed by atoms with Crippen molar-refractivity contribution in [3.05, 3.63) is 29.3 Å². The molecule has 0 fully saturated rings. The lowest BCUT2D eigenvalue weighted by Crippen LogP contribution is -2.32. The Labute approximate surface area is 111 Å². The Morgan fingerprint density at radius 3 is 2.22 bits per heavy atom. The Morgan fingerprint density at radius 1 is 1.11 bits per heavy atom. The number of hydrogen-bond acceptors (Lipinski definition) is 3. The van der Waals surface area contributed by atoms with Gasteiger partial charge in [0.05, 0.1) is 10.5 Å². The fraction of sp³-hybridized carbons (Fsp3) is 0.571. The van der Waals surface area contributed by atoms with Crippen LogP contribution in [0, 0.1) is 13.8 Å². The van der Waals surface area contributed by atoms with Crippen molar-refractivity contribution < 1.29 is 8.42 Å². The Kier molecular flexibility index (Phi) is 4.43. The van der Waals surface area contributed by atoms with E-state index in [9.17, 15) is 8.42 Å². The van der Waals surface area contributed by atoms with Crippen LogP contribution in [0.25, 0.3) is 0 Å². The molecule has 18 heavy (non-hydrogen) atoms. The molecule has 1 aromatic carbocycles. The van der Waals surface area contributed by atoms with Gasteiger partial charge in [-0.2, -0.15) is 0 Å². The number of benzene rings is 1. The van der Waals surface area contributed by atoms with Gasteiger partial charge < -0.3 is 5.32 Å². The van der Waals surface area contributed by atoms with Crippen molar-refractivity contribution in [1.82, 2.24) is 0 Å². The standard InChI is InChI=1S/C14H23NO2S/c1-11-6-7-13(10-12(11)2)15-8-9-18(16,17)14(3,4)5/h6-7,10,15H,8-9H2,1-5H3. The zero-order valence-corrected chi connectivity index (χ0v) is 12.7. The molecule has 1 N–H and O–H groups in total. The first-order valence-corrected chi connectivity index (χ1v) is 7.82.